The normalized spacial score (nSPS) is 33.6. The Hall–Kier alpha value is -0.810. The predicted octanol–water partition coefficient (Wildman–Crippen LogP) is 1.79. The molecule has 5 nitrogen and oxygen atoms in total. The Morgan fingerprint density at radius 2 is 2.08 bits per heavy atom. The zero-order valence-corrected chi connectivity index (χ0v) is 15.3. The first kappa shape index (κ1) is 16.6. The van der Waals surface area contributed by atoms with Gasteiger partial charge in [0.05, 0.1) is 0 Å². The Balaban J connectivity index is 1.19. The maximum Gasteiger partial charge on any atom is 0.193 e. The molecule has 136 valence electrons. The van der Waals surface area contributed by atoms with Crippen molar-refractivity contribution in [2.45, 2.75) is 44.6 Å². The van der Waals surface area contributed by atoms with Crippen molar-refractivity contribution in [1.29, 1.82) is 0 Å². The summed E-state index contributed by atoms with van der Waals surface area (Å²) in [6.45, 7) is 7.87. The number of hydrogen-bond acceptors (Lipinski definition) is 3. The molecule has 0 bridgehead atoms. The monoisotopic (exact) mass is 334 g/mol. The molecule has 0 unspecified atom stereocenters. The number of likely N-dealkylation sites (tertiary alicyclic amines) is 1. The van der Waals surface area contributed by atoms with Gasteiger partial charge in [-0.1, -0.05) is 6.42 Å². The first-order valence-electron chi connectivity index (χ1n) is 10.1. The average molecular weight is 335 g/mol. The van der Waals surface area contributed by atoms with E-state index >= 15 is 0 Å². The molecule has 5 heteroatoms. The lowest BCUT2D eigenvalue weighted by atomic mass is 9.90. The van der Waals surface area contributed by atoms with E-state index in [0.717, 1.165) is 55.9 Å². The molecule has 4 fully saturated rings. The molecule has 0 radical (unpaired) electrons. The molecule has 3 atom stereocenters. The summed E-state index contributed by atoms with van der Waals surface area (Å²) in [7, 11) is 1.92. The lowest BCUT2D eigenvalue weighted by molar-refractivity contribution is 0.122. The van der Waals surface area contributed by atoms with Gasteiger partial charge in [0.1, 0.15) is 0 Å². The SMILES string of the molecule is CN=C(NCCCOCC1CC1)N1C[C@@H]2CN3CCCC[C@@H]3[C@@H]2C1. The van der Waals surface area contributed by atoms with Crippen LogP contribution in [-0.2, 0) is 4.74 Å². The third kappa shape index (κ3) is 3.72. The van der Waals surface area contributed by atoms with Crippen LogP contribution in [0.4, 0.5) is 0 Å². The van der Waals surface area contributed by atoms with E-state index in [-0.39, 0.29) is 0 Å². The fraction of sp³-hybridized carbons (Fsp3) is 0.947. The summed E-state index contributed by atoms with van der Waals surface area (Å²) in [5, 5.41) is 3.56. The molecule has 0 aromatic carbocycles. The highest BCUT2D eigenvalue weighted by Crippen LogP contribution is 2.40. The largest absolute Gasteiger partial charge is 0.381 e. The number of piperidine rings is 1. The van der Waals surface area contributed by atoms with E-state index in [1.54, 1.807) is 0 Å². The molecule has 24 heavy (non-hydrogen) atoms. The highest BCUT2D eigenvalue weighted by molar-refractivity contribution is 5.80. The van der Waals surface area contributed by atoms with Gasteiger partial charge in [0.25, 0.3) is 0 Å². The van der Waals surface area contributed by atoms with Crippen LogP contribution in [0, 0.1) is 17.8 Å². The molecule has 3 aliphatic heterocycles. The minimum atomic E-state index is 0.850. The number of nitrogens with one attached hydrogen (secondary N) is 1. The van der Waals surface area contributed by atoms with Crippen LogP contribution in [0.15, 0.2) is 4.99 Å². The van der Waals surface area contributed by atoms with Crippen LogP contribution in [0.3, 0.4) is 0 Å². The van der Waals surface area contributed by atoms with Gasteiger partial charge < -0.3 is 15.0 Å². The molecular weight excluding hydrogens is 300 g/mol. The molecule has 1 saturated carbocycles. The van der Waals surface area contributed by atoms with E-state index in [4.69, 9.17) is 4.74 Å². The number of rotatable bonds is 6. The number of fused-ring (bicyclic) bond motifs is 3. The summed E-state index contributed by atoms with van der Waals surface area (Å²) in [5.41, 5.74) is 0. The van der Waals surface area contributed by atoms with Crippen molar-refractivity contribution in [3.05, 3.63) is 0 Å². The Morgan fingerprint density at radius 3 is 2.92 bits per heavy atom. The maximum atomic E-state index is 5.72. The Morgan fingerprint density at radius 1 is 1.17 bits per heavy atom. The highest BCUT2D eigenvalue weighted by Gasteiger charge is 2.47. The molecule has 3 heterocycles. The second kappa shape index (κ2) is 7.61. The third-order valence-electron chi connectivity index (χ3n) is 6.43. The maximum absolute atomic E-state index is 5.72. The van der Waals surface area contributed by atoms with Crippen molar-refractivity contribution in [2.24, 2.45) is 22.7 Å². The topological polar surface area (TPSA) is 40.1 Å². The van der Waals surface area contributed by atoms with Crippen molar-refractivity contribution in [3.63, 3.8) is 0 Å². The smallest absolute Gasteiger partial charge is 0.193 e. The van der Waals surface area contributed by atoms with Crippen LogP contribution >= 0.6 is 0 Å². The van der Waals surface area contributed by atoms with Gasteiger partial charge in [-0.25, -0.2) is 0 Å². The van der Waals surface area contributed by atoms with Crippen molar-refractivity contribution in [3.8, 4) is 0 Å². The molecular formula is C19H34N4O. The van der Waals surface area contributed by atoms with Crippen LogP contribution in [0.1, 0.15) is 38.5 Å². The summed E-state index contributed by atoms with van der Waals surface area (Å²) in [6.07, 6.45) is 8.08. The van der Waals surface area contributed by atoms with Gasteiger partial charge in [0.15, 0.2) is 5.96 Å². The Bertz CT molecular complexity index is 451. The van der Waals surface area contributed by atoms with Gasteiger partial charge in [0.2, 0.25) is 0 Å². The average Bonchev–Trinajstić information content (AvgIpc) is 3.23. The molecule has 1 aliphatic carbocycles. The minimum Gasteiger partial charge on any atom is -0.381 e. The first-order valence-corrected chi connectivity index (χ1v) is 10.1. The second-order valence-electron chi connectivity index (χ2n) is 8.23. The van der Waals surface area contributed by atoms with Crippen LogP contribution < -0.4 is 5.32 Å². The van der Waals surface area contributed by atoms with Gasteiger partial charge >= 0.3 is 0 Å². The molecule has 0 aromatic rings. The third-order valence-corrected chi connectivity index (χ3v) is 6.43. The summed E-state index contributed by atoms with van der Waals surface area (Å²) in [6, 6.07) is 0.850. The molecule has 4 aliphatic rings. The van der Waals surface area contributed by atoms with E-state index in [2.05, 4.69) is 20.1 Å². The molecule has 0 aromatic heterocycles. The fourth-order valence-corrected chi connectivity index (χ4v) is 4.97. The molecule has 0 spiro atoms. The summed E-state index contributed by atoms with van der Waals surface area (Å²) >= 11 is 0. The van der Waals surface area contributed by atoms with E-state index < -0.39 is 0 Å². The van der Waals surface area contributed by atoms with Crippen LogP contribution in [0.2, 0.25) is 0 Å². The van der Waals surface area contributed by atoms with Crippen LogP contribution in [0.5, 0.6) is 0 Å². The Labute approximate surface area is 146 Å². The van der Waals surface area contributed by atoms with E-state index in [0.29, 0.717) is 0 Å². The van der Waals surface area contributed by atoms with Crippen molar-refractivity contribution in [1.82, 2.24) is 15.1 Å². The number of guanidine groups is 1. The summed E-state index contributed by atoms with van der Waals surface area (Å²) in [5.74, 6) is 3.70. The number of nitrogens with zero attached hydrogens (tertiary/aromatic N) is 3. The minimum absolute atomic E-state index is 0.850. The standard InChI is InChI=1S/C19H34N4O/c1-20-19(21-8-4-10-24-14-15-6-7-15)23-12-16-11-22-9-3-2-5-18(22)17(16)13-23/h15-18H,2-14H2,1H3,(H,20,21)/t16-,17+,18+/m0/s1. The van der Waals surface area contributed by atoms with E-state index in [1.165, 1.54) is 58.3 Å². The molecule has 1 N–H and O–H groups in total. The van der Waals surface area contributed by atoms with Gasteiger partial charge in [-0.3, -0.25) is 9.89 Å². The predicted molar refractivity (Wildman–Crippen MR) is 97.3 cm³/mol. The Kier molecular flexibility index (Phi) is 5.28. The summed E-state index contributed by atoms with van der Waals surface area (Å²) < 4.78 is 5.72. The van der Waals surface area contributed by atoms with Gasteiger partial charge in [0, 0.05) is 52.5 Å². The highest BCUT2D eigenvalue weighted by atomic mass is 16.5. The fourth-order valence-electron chi connectivity index (χ4n) is 4.97. The van der Waals surface area contributed by atoms with Crippen molar-refractivity contribution < 1.29 is 4.74 Å². The van der Waals surface area contributed by atoms with E-state index in [9.17, 15) is 0 Å². The van der Waals surface area contributed by atoms with Gasteiger partial charge in [-0.15, -0.1) is 0 Å². The van der Waals surface area contributed by atoms with Gasteiger partial charge in [-0.05, 0) is 56.4 Å². The van der Waals surface area contributed by atoms with Crippen LogP contribution in [0.25, 0.3) is 0 Å². The van der Waals surface area contributed by atoms with E-state index in [1.807, 2.05) is 7.05 Å². The molecule has 3 saturated heterocycles. The summed E-state index contributed by atoms with van der Waals surface area (Å²) in [4.78, 5) is 9.81. The molecule has 0 amide bonds. The second-order valence-corrected chi connectivity index (χ2v) is 8.23. The number of hydrogen-bond donors (Lipinski definition) is 1. The van der Waals surface area contributed by atoms with Crippen molar-refractivity contribution in [2.75, 3.05) is 53.0 Å². The zero-order chi connectivity index (χ0) is 16.4. The zero-order valence-electron chi connectivity index (χ0n) is 15.3. The lowest BCUT2D eigenvalue weighted by Gasteiger charge is -2.33. The molecule has 4 rings (SSSR count). The number of aliphatic imine (C=N–C) groups is 1. The van der Waals surface area contributed by atoms with Gasteiger partial charge in [-0.2, -0.15) is 0 Å². The lowest BCUT2D eigenvalue weighted by Crippen LogP contribution is -2.44. The quantitative estimate of drug-likeness (QED) is 0.457. The van der Waals surface area contributed by atoms with Crippen molar-refractivity contribution >= 4 is 5.96 Å². The van der Waals surface area contributed by atoms with Crippen LogP contribution in [-0.4, -0.2) is 74.8 Å². The number of ether oxygens (including phenoxy) is 1. The first-order chi connectivity index (χ1) is 11.8.